The van der Waals surface area contributed by atoms with Crippen LogP contribution in [0.3, 0.4) is 0 Å². The molecular formula is C26H31N5O2. The van der Waals surface area contributed by atoms with Crippen molar-refractivity contribution in [3.8, 4) is 34.0 Å². The number of aryl methyl sites for hydroxylation is 1. The first-order valence-electron chi connectivity index (χ1n) is 11.2. The first-order chi connectivity index (χ1) is 15.8. The van der Waals surface area contributed by atoms with Gasteiger partial charge in [-0.1, -0.05) is 43.3 Å². The first-order valence-corrected chi connectivity index (χ1v) is 11.2. The monoisotopic (exact) mass is 445 g/mol. The SMILES string of the molecule is Cc1ncc(-c2ccc(=O)n(C(C)C)c2)nc1-c1cc(-c2ccc(CNC(C)C)cc2)no1.[HH]. The van der Waals surface area contributed by atoms with Crippen molar-refractivity contribution in [3.63, 3.8) is 0 Å². The number of nitrogens with one attached hydrogen (secondary N) is 1. The van der Waals surface area contributed by atoms with Crippen molar-refractivity contribution in [2.24, 2.45) is 0 Å². The van der Waals surface area contributed by atoms with E-state index in [9.17, 15) is 4.79 Å². The maximum Gasteiger partial charge on any atom is 0.250 e. The van der Waals surface area contributed by atoms with Crippen molar-refractivity contribution in [1.29, 1.82) is 0 Å². The average Bonchev–Trinajstić information content (AvgIpc) is 3.28. The molecule has 7 nitrogen and oxygen atoms in total. The summed E-state index contributed by atoms with van der Waals surface area (Å²) in [5.74, 6) is 0.555. The minimum absolute atomic E-state index is 0. The fourth-order valence-electron chi connectivity index (χ4n) is 3.52. The van der Waals surface area contributed by atoms with E-state index in [-0.39, 0.29) is 13.0 Å². The molecule has 4 rings (SSSR count). The lowest BCUT2D eigenvalue weighted by atomic mass is 10.1. The van der Waals surface area contributed by atoms with Crippen LogP contribution in [0.15, 0.2) is 64.2 Å². The van der Waals surface area contributed by atoms with Gasteiger partial charge in [0, 0.05) is 49.5 Å². The third-order valence-corrected chi connectivity index (χ3v) is 5.45. The zero-order valence-electron chi connectivity index (χ0n) is 19.7. The highest BCUT2D eigenvalue weighted by Gasteiger charge is 2.15. The molecule has 3 heterocycles. The second-order valence-corrected chi connectivity index (χ2v) is 8.76. The molecule has 0 unspecified atom stereocenters. The Balaban J connectivity index is 0.00000324. The van der Waals surface area contributed by atoms with Crippen molar-refractivity contribution in [2.45, 2.75) is 53.2 Å². The molecule has 0 saturated heterocycles. The van der Waals surface area contributed by atoms with E-state index in [4.69, 9.17) is 9.51 Å². The lowest BCUT2D eigenvalue weighted by Crippen LogP contribution is -2.21. The number of rotatable bonds is 7. The number of aromatic nitrogens is 4. The number of pyridine rings is 1. The molecule has 33 heavy (non-hydrogen) atoms. The fraction of sp³-hybridized carbons (Fsp3) is 0.308. The lowest BCUT2D eigenvalue weighted by molar-refractivity contribution is 0.433. The molecule has 0 radical (unpaired) electrons. The van der Waals surface area contributed by atoms with Crippen LogP contribution in [0.25, 0.3) is 34.0 Å². The van der Waals surface area contributed by atoms with E-state index >= 15 is 0 Å². The second-order valence-electron chi connectivity index (χ2n) is 8.76. The summed E-state index contributed by atoms with van der Waals surface area (Å²) in [5, 5.41) is 7.67. The van der Waals surface area contributed by atoms with Crippen LogP contribution in [0.4, 0.5) is 0 Å². The van der Waals surface area contributed by atoms with E-state index in [1.165, 1.54) is 5.56 Å². The minimum Gasteiger partial charge on any atom is -0.354 e. The zero-order valence-corrected chi connectivity index (χ0v) is 19.7. The van der Waals surface area contributed by atoms with Crippen molar-refractivity contribution >= 4 is 0 Å². The molecule has 0 bridgehead atoms. The van der Waals surface area contributed by atoms with Crippen LogP contribution in [0, 0.1) is 6.92 Å². The molecule has 0 aliphatic carbocycles. The molecule has 0 spiro atoms. The molecule has 0 amide bonds. The van der Waals surface area contributed by atoms with Crippen LogP contribution in [0.5, 0.6) is 0 Å². The Bertz CT molecular complexity index is 1310. The Labute approximate surface area is 195 Å². The average molecular weight is 446 g/mol. The van der Waals surface area contributed by atoms with Crippen LogP contribution in [-0.2, 0) is 6.54 Å². The molecular weight excluding hydrogens is 414 g/mol. The summed E-state index contributed by atoms with van der Waals surface area (Å²) in [6.45, 7) is 10.9. The van der Waals surface area contributed by atoms with Gasteiger partial charge in [0.25, 0.3) is 5.56 Å². The standard InChI is InChI=1S/C26H29N5O2.H2/c1-16(2)27-13-19-6-8-20(9-7-19)22-12-24(33-30-22)26-18(5)28-14-23(29-26)21-10-11-25(32)31(15-21)17(3)4;/h6-12,14-17,27H,13H2,1-5H3;1H. The van der Waals surface area contributed by atoms with Crippen LogP contribution < -0.4 is 10.9 Å². The van der Waals surface area contributed by atoms with Gasteiger partial charge >= 0.3 is 0 Å². The molecule has 0 atom stereocenters. The molecule has 0 aliphatic rings. The summed E-state index contributed by atoms with van der Waals surface area (Å²) in [5.41, 5.74) is 5.76. The third-order valence-electron chi connectivity index (χ3n) is 5.45. The molecule has 3 aromatic heterocycles. The molecule has 0 aliphatic heterocycles. The largest absolute Gasteiger partial charge is 0.354 e. The maximum atomic E-state index is 12.1. The van der Waals surface area contributed by atoms with Crippen molar-refractivity contribution in [3.05, 3.63) is 76.5 Å². The van der Waals surface area contributed by atoms with E-state index in [0.717, 1.165) is 29.1 Å². The summed E-state index contributed by atoms with van der Waals surface area (Å²) in [6, 6.07) is 14.0. The predicted octanol–water partition coefficient (Wildman–Crippen LogP) is 5.26. The Morgan fingerprint density at radius 1 is 1.03 bits per heavy atom. The quantitative estimate of drug-likeness (QED) is 0.418. The van der Waals surface area contributed by atoms with Gasteiger partial charge in [0.15, 0.2) is 5.76 Å². The molecule has 172 valence electrons. The van der Waals surface area contributed by atoms with E-state index in [1.807, 2.05) is 45.2 Å². The minimum atomic E-state index is -0.0417. The lowest BCUT2D eigenvalue weighted by Gasteiger charge is -2.11. The van der Waals surface area contributed by atoms with Gasteiger partial charge in [0.1, 0.15) is 11.4 Å². The van der Waals surface area contributed by atoms with Crippen molar-refractivity contribution < 1.29 is 5.95 Å². The first kappa shape index (κ1) is 22.6. The smallest absolute Gasteiger partial charge is 0.250 e. The van der Waals surface area contributed by atoms with Gasteiger partial charge < -0.3 is 14.4 Å². The highest BCUT2D eigenvalue weighted by Crippen LogP contribution is 2.28. The Hall–Kier alpha value is -3.58. The number of benzene rings is 1. The van der Waals surface area contributed by atoms with Gasteiger partial charge in [0.2, 0.25) is 0 Å². The van der Waals surface area contributed by atoms with Gasteiger partial charge in [-0.2, -0.15) is 0 Å². The summed E-state index contributed by atoms with van der Waals surface area (Å²) in [7, 11) is 0. The van der Waals surface area contributed by atoms with Gasteiger partial charge in [-0.05, 0) is 32.4 Å². The molecule has 1 N–H and O–H groups in total. The van der Waals surface area contributed by atoms with Crippen LogP contribution in [0.2, 0.25) is 0 Å². The number of nitrogens with zero attached hydrogens (tertiary/aromatic N) is 4. The van der Waals surface area contributed by atoms with Gasteiger partial charge in [0.05, 0.1) is 17.6 Å². The Kier molecular flexibility index (Phi) is 6.51. The summed E-state index contributed by atoms with van der Waals surface area (Å²) >= 11 is 0. The van der Waals surface area contributed by atoms with E-state index in [2.05, 4.69) is 41.4 Å². The van der Waals surface area contributed by atoms with Crippen molar-refractivity contribution in [2.75, 3.05) is 0 Å². The number of hydrogen-bond donors (Lipinski definition) is 1. The summed E-state index contributed by atoms with van der Waals surface area (Å²) in [6.07, 6.45) is 3.53. The van der Waals surface area contributed by atoms with Crippen molar-refractivity contribution in [1.82, 2.24) is 25.0 Å². The topological polar surface area (TPSA) is 85.8 Å². The Morgan fingerprint density at radius 2 is 1.76 bits per heavy atom. The van der Waals surface area contributed by atoms with Gasteiger partial charge in [-0.15, -0.1) is 0 Å². The fourth-order valence-corrected chi connectivity index (χ4v) is 3.52. The van der Waals surface area contributed by atoms with Gasteiger partial charge in [-0.25, -0.2) is 4.98 Å². The van der Waals surface area contributed by atoms with Gasteiger partial charge in [-0.3, -0.25) is 9.78 Å². The highest BCUT2D eigenvalue weighted by molar-refractivity contribution is 5.68. The second kappa shape index (κ2) is 9.50. The van der Waals surface area contributed by atoms with Crippen LogP contribution >= 0.6 is 0 Å². The normalized spacial score (nSPS) is 11.5. The van der Waals surface area contributed by atoms with E-state index < -0.39 is 0 Å². The zero-order chi connectivity index (χ0) is 23.5. The molecule has 4 aromatic rings. The van der Waals surface area contributed by atoms with Crippen LogP contribution in [-0.4, -0.2) is 25.7 Å². The maximum absolute atomic E-state index is 12.1. The third kappa shape index (κ3) is 5.09. The van der Waals surface area contributed by atoms with Crippen LogP contribution in [0.1, 0.15) is 46.4 Å². The predicted molar refractivity (Wildman–Crippen MR) is 132 cm³/mol. The molecule has 0 saturated carbocycles. The summed E-state index contributed by atoms with van der Waals surface area (Å²) in [4.78, 5) is 21.4. The molecule has 0 fully saturated rings. The van der Waals surface area contributed by atoms with E-state index in [0.29, 0.717) is 23.2 Å². The molecule has 7 heteroatoms. The highest BCUT2D eigenvalue weighted by atomic mass is 16.5. The Morgan fingerprint density at radius 3 is 2.45 bits per heavy atom. The number of hydrogen-bond acceptors (Lipinski definition) is 6. The molecule has 1 aromatic carbocycles. The summed E-state index contributed by atoms with van der Waals surface area (Å²) < 4.78 is 7.33. The van der Waals surface area contributed by atoms with E-state index in [1.54, 1.807) is 22.9 Å².